The number of hydrogen-bond acceptors (Lipinski definition) is 3. The molecule has 1 fully saturated rings. The van der Waals surface area contributed by atoms with Crippen molar-refractivity contribution in [3.8, 4) is 0 Å². The molecule has 1 aliphatic heterocycles. The second-order valence-electron chi connectivity index (χ2n) is 2.49. The molecule has 1 saturated heterocycles. The molecule has 0 aromatic rings. The van der Waals surface area contributed by atoms with Crippen LogP contribution < -0.4 is 5.32 Å². The molecule has 0 aliphatic carbocycles. The van der Waals surface area contributed by atoms with Gasteiger partial charge in [-0.15, -0.1) is 0 Å². The van der Waals surface area contributed by atoms with Crippen molar-refractivity contribution < 1.29 is 4.92 Å². The highest BCUT2D eigenvalue weighted by atomic mass is 16.6. The van der Waals surface area contributed by atoms with Crippen LogP contribution in [0.15, 0.2) is 11.9 Å². The molecular formula is C6H10N2O2. The number of nitrogens with one attached hydrogen (secondary N) is 1. The maximum atomic E-state index is 9.99. The molecule has 0 saturated carbocycles. The van der Waals surface area contributed by atoms with E-state index in [9.17, 15) is 10.1 Å². The highest BCUT2D eigenvalue weighted by molar-refractivity contribution is 5.04. The summed E-state index contributed by atoms with van der Waals surface area (Å²) in [4.78, 5) is 9.58. The van der Waals surface area contributed by atoms with Crippen LogP contribution in [0.5, 0.6) is 0 Å². The van der Waals surface area contributed by atoms with E-state index >= 15 is 0 Å². The van der Waals surface area contributed by atoms with Gasteiger partial charge in [-0.3, -0.25) is 10.1 Å². The molecule has 1 rings (SSSR count). The Balaban J connectivity index is 2.62. The molecule has 10 heavy (non-hydrogen) atoms. The van der Waals surface area contributed by atoms with E-state index in [1.165, 1.54) is 0 Å². The summed E-state index contributed by atoms with van der Waals surface area (Å²) in [6.07, 6.45) is 2.05. The lowest BCUT2D eigenvalue weighted by Crippen LogP contribution is -2.07. The van der Waals surface area contributed by atoms with E-state index < -0.39 is 4.92 Å². The van der Waals surface area contributed by atoms with E-state index in [0.717, 1.165) is 24.9 Å². The maximum absolute atomic E-state index is 9.99. The molecule has 1 unspecified atom stereocenters. The summed E-state index contributed by atoms with van der Waals surface area (Å²) in [5.74, 6) is 0.324. The largest absolute Gasteiger partial charge is 0.383 e. The van der Waals surface area contributed by atoms with Crippen molar-refractivity contribution in [2.24, 2.45) is 5.92 Å². The summed E-state index contributed by atoms with van der Waals surface area (Å²) in [5, 5.41) is 12.9. The average molecular weight is 142 g/mol. The van der Waals surface area contributed by atoms with Crippen LogP contribution in [0.2, 0.25) is 0 Å². The molecule has 1 aliphatic rings. The van der Waals surface area contributed by atoms with Gasteiger partial charge < -0.3 is 5.32 Å². The van der Waals surface area contributed by atoms with Gasteiger partial charge in [-0.05, 0) is 6.42 Å². The smallest absolute Gasteiger partial charge is 0.253 e. The Labute approximate surface area is 59.1 Å². The first-order valence-electron chi connectivity index (χ1n) is 3.29. The Morgan fingerprint density at radius 3 is 3.00 bits per heavy atom. The normalized spacial score (nSPS) is 28.5. The van der Waals surface area contributed by atoms with E-state index in [1.54, 1.807) is 0 Å². The summed E-state index contributed by atoms with van der Waals surface area (Å²) in [5.41, 5.74) is 0.755. The fourth-order valence-corrected chi connectivity index (χ4v) is 1.05. The SMILES string of the molecule is CC1CCNC1=C[N+](=O)[O-]. The number of rotatable bonds is 1. The first kappa shape index (κ1) is 7.05. The van der Waals surface area contributed by atoms with Crippen molar-refractivity contribution >= 4 is 0 Å². The van der Waals surface area contributed by atoms with Crippen molar-refractivity contribution in [3.05, 3.63) is 22.0 Å². The highest BCUT2D eigenvalue weighted by Crippen LogP contribution is 2.16. The summed E-state index contributed by atoms with van der Waals surface area (Å²) in [6.45, 7) is 2.84. The van der Waals surface area contributed by atoms with Gasteiger partial charge in [-0.25, -0.2) is 0 Å². The standard InChI is InChI=1S/C6H10N2O2/c1-5-2-3-7-6(5)4-8(9)10/h4-5,7H,2-3H2,1H3. The van der Waals surface area contributed by atoms with Gasteiger partial charge in [0.2, 0.25) is 0 Å². The van der Waals surface area contributed by atoms with E-state index in [-0.39, 0.29) is 0 Å². The molecule has 1 atom stereocenters. The Hall–Kier alpha value is -1.06. The summed E-state index contributed by atoms with van der Waals surface area (Å²) < 4.78 is 0. The number of allylic oxidation sites excluding steroid dienone is 1. The van der Waals surface area contributed by atoms with E-state index in [4.69, 9.17) is 0 Å². The van der Waals surface area contributed by atoms with Crippen LogP contribution in [-0.2, 0) is 0 Å². The average Bonchev–Trinajstić information content (AvgIpc) is 2.15. The van der Waals surface area contributed by atoms with E-state index in [1.807, 2.05) is 6.92 Å². The van der Waals surface area contributed by atoms with Crippen molar-refractivity contribution in [3.63, 3.8) is 0 Å². The van der Waals surface area contributed by atoms with Crippen LogP contribution >= 0.6 is 0 Å². The van der Waals surface area contributed by atoms with Crippen LogP contribution in [0.3, 0.4) is 0 Å². The van der Waals surface area contributed by atoms with Crippen LogP contribution in [-0.4, -0.2) is 11.5 Å². The van der Waals surface area contributed by atoms with Gasteiger partial charge in [-0.1, -0.05) is 6.92 Å². The number of nitro groups is 1. The molecule has 1 N–H and O–H groups in total. The first-order valence-corrected chi connectivity index (χ1v) is 3.29. The molecular weight excluding hydrogens is 132 g/mol. The fraction of sp³-hybridized carbons (Fsp3) is 0.667. The molecule has 4 heteroatoms. The molecule has 1 heterocycles. The summed E-state index contributed by atoms with van der Waals surface area (Å²) in [7, 11) is 0. The molecule has 0 amide bonds. The molecule has 4 nitrogen and oxygen atoms in total. The van der Waals surface area contributed by atoms with Crippen LogP contribution in [0.25, 0.3) is 0 Å². The lowest BCUT2D eigenvalue weighted by Gasteiger charge is -1.98. The van der Waals surface area contributed by atoms with Gasteiger partial charge in [-0.2, -0.15) is 0 Å². The molecule has 56 valence electrons. The van der Waals surface area contributed by atoms with Gasteiger partial charge in [0.1, 0.15) is 0 Å². The second-order valence-corrected chi connectivity index (χ2v) is 2.49. The minimum atomic E-state index is -0.413. The van der Waals surface area contributed by atoms with Gasteiger partial charge >= 0.3 is 0 Å². The van der Waals surface area contributed by atoms with Crippen molar-refractivity contribution in [2.45, 2.75) is 13.3 Å². The number of hydrogen-bond donors (Lipinski definition) is 1. The third-order valence-corrected chi connectivity index (χ3v) is 1.68. The van der Waals surface area contributed by atoms with Crippen molar-refractivity contribution in [1.29, 1.82) is 0 Å². The Morgan fingerprint density at radius 1 is 1.90 bits per heavy atom. The lowest BCUT2D eigenvalue weighted by molar-refractivity contribution is -0.404. The van der Waals surface area contributed by atoms with E-state index in [2.05, 4.69) is 5.32 Å². The van der Waals surface area contributed by atoms with Gasteiger partial charge in [0.05, 0.1) is 10.6 Å². The molecule has 0 aromatic heterocycles. The Kier molecular flexibility index (Phi) is 1.89. The monoisotopic (exact) mass is 142 g/mol. The van der Waals surface area contributed by atoms with Gasteiger partial charge in [0, 0.05) is 12.5 Å². The minimum Gasteiger partial charge on any atom is -0.383 e. The quantitative estimate of drug-likeness (QED) is 0.434. The zero-order valence-corrected chi connectivity index (χ0v) is 5.83. The Bertz CT molecular complexity index is 177. The fourth-order valence-electron chi connectivity index (χ4n) is 1.05. The summed E-state index contributed by atoms with van der Waals surface area (Å²) in [6, 6.07) is 0. The van der Waals surface area contributed by atoms with Gasteiger partial charge in [0.25, 0.3) is 6.20 Å². The molecule has 0 radical (unpaired) electrons. The van der Waals surface area contributed by atoms with Crippen molar-refractivity contribution in [2.75, 3.05) is 6.54 Å². The van der Waals surface area contributed by atoms with Crippen LogP contribution in [0.4, 0.5) is 0 Å². The van der Waals surface area contributed by atoms with Crippen molar-refractivity contribution in [1.82, 2.24) is 5.32 Å². The maximum Gasteiger partial charge on any atom is 0.253 e. The number of nitrogens with zero attached hydrogens (tertiary/aromatic N) is 1. The second kappa shape index (κ2) is 2.68. The molecule has 0 aromatic carbocycles. The zero-order valence-electron chi connectivity index (χ0n) is 5.83. The predicted octanol–water partition coefficient (Wildman–Crippen LogP) is 0.734. The molecule has 0 spiro atoms. The zero-order chi connectivity index (χ0) is 7.56. The Morgan fingerprint density at radius 2 is 2.60 bits per heavy atom. The third-order valence-electron chi connectivity index (χ3n) is 1.68. The third kappa shape index (κ3) is 1.46. The van der Waals surface area contributed by atoms with E-state index in [0.29, 0.717) is 5.92 Å². The van der Waals surface area contributed by atoms with Gasteiger partial charge in [0.15, 0.2) is 0 Å². The minimum absolute atomic E-state index is 0.324. The lowest BCUT2D eigenvalue weighted by atomic mass is 10.1. The topological polar surface area (TPSA) is 55.2 Å². The first-order chi connectivity index (χ1) is 4.70. The van der Waals surface area contributed by atoms with Crippen LogP contribution in [0, 0.1) is 16.0 Å². The summed E-state index contributed by atoms with van der Waals surface area (Å²) >= 11 is 0. The highest BCUT2D eigenvalue weighted by Gasteiger charge is 2.17. The molecule has 0 bridgehead atoms. The van der Waals surface area contributed by atoms with Crippen LogP contribution in [0.1, 0.15) is 13.3 Å². The predicted molar refractivity (Wildman–Crippen MR) is 36.9 cm³/mol.